The molecule has 17 heavy (non-hydrogen) atoms. The SMILES string of the molecule is CCS(=O)(=O)c1ccc(-c2cnc(C)[nH]2)cc1. The summed E-state index contributed by atoms with van der Waals surface area (Å²) >= 11 is 0. The first-order valence-corrected chi connectivity index (χ1v) is 7.03. The quantitative estimate of drug-likeness (QED) is 0.908. The molecule has 4 nitrogen and oxygen atoms in total. The van der Waals surface area contributed by atoms with Crippen LogP contribution in [0.1, 0.15) is 12.7 Å². The zero-order valence-corrected chi connectivity index (χ0v) is 10.6. The molecule has 0 aliphatic heterocycles. The Morgan fingerprint density at radius 3 is 2.35 bits per heavy atom. The summed E-state index contributed by atoms with van der Waals surface area (Å²) in [4.78, 5) is 7.57. The Bertz CT molecular complexity index is 612. The minimum atomic E-state index is -3.12. The molecule has 90 valence electrons. The van der Waals surface area contributed by atoms with E-state index in [0.717, 1.165) is 17.1 Å². The van der Waals surface area contributed by atoms with Crippen LogP contribution in [0.2, 0.25) is 0 Å². The fourth-order valence-electron chi connectivity index (χ4n) is 1.58. The van der Waals surface area contributed by atoms with Gasteiger partial charge in [-0.05, 0) is 24.6 Å². The third-order valence-corrected chi connectivity index (χ3v) is 4.36. The number of nitrogens with one attached hydrogen (secondary N) is 1. The fourth-order valence-corrected chi connectivity index (χ4v) is 2.46. The van der Waals surface area contributed by atoms with E-state index in [1.807, 2.05) is 6.92 Å². The molecule has 1 heterocycles. The maximum Gasteiger partial charge on any atom is 0.178 e. The molecule has 1 aromatic heterocycles. The van der Waals surface area contributed by atoms with Crippen LogP contribution in [0.5, 0.6) is 0 Å². The molecule has 0 atom stereocenters. The Morgan fingerprint density at radius 1 is 1.24 bits per heavy atom. The lowest BCUT2D eigenvalue weighted by Crippen LogP contribution is -2.03. The largest absolute Gasteiger partial charge is 0.342 e. The smallest absolute Gasteiger partial charge is 0.178 e. The zero-order chi connectivity index (χ0) is 12.5. The van der Waals surface area contributed by atoms with Gasteiger partial charge < -0.3 is 4.98 Å². The number of sulfone groups is 1. The lowest BCUT2D eigenvalue weighted by Gasteiger charge is -2.02. The molecule has 0 saturated heterocycles. The van der Waals surface area contributed by atoms with E-state index in [4.69, 9.17) is 0 Å². The highest BCUT2D eigenvalue weighted by molar-refractivity contribution is 7.91. The summed E-state index contributed by atoms with van der Waals surface area (Å²) in [7, 11) is -3.12. The summed E-state index contributed by atoms with van der Waals surface area (Å²) in [5.41, 5.74) is 1.82. The molecule has 0 aliphatic carbocycles. The summed E-state index contributed by atoms with van der Waals surface area (Å²) < 4.78 is 23.3. The maximum absolute atomic E-state index is 11.6. The van der Waals surface area contributed by atoms with Crippen LogP contribution in [0.15, 0.2) is 35.4 Å². The van der Waals surface area contributed by atoms with Crippen molar-refractivity contribution in [2.45, 2.75) is 18.7 Å². The van der Waals surface area contributed by atoms with Crippen molar-refractivity contribution in [1.82, 2.24) is 9.97 Å². The van der Waals surface area contributed by atoms with E-state index in [1.165, 1.54) is 0 Å². The molecule has 0 fully saturated rings. The number of hydrogen-bond acceptors (Lipinski definition) is 3. The molecule has 0 radical (unpaired) electrons. The summed E-state index contributed by atoms with van der Waals surface area (Å²) in [6, 6.07) is 6.83. The third-order valence-electron chi connectivity index (χ3n) is 2.61. The van der Waals surface area contributed by atoms with Gasteiger partial charge in [0.25, 0.3) is 0 Å². The van der Waals surface area contributed by atoms with E-state index in [9.17, 15) is 8.42 Å². The van der Waals surface area contributed by atoms with Gasteiger partial charge in [0.15, 0.2) is 9.84 Å². The topological polar surface area (TPSA) is 62.8 Å². The molecule has 0 aliphatic rings. The number of aromatic nitrogens is 2. The maximum atomic E-state index is 11.6. The average molecular weight is 250 g/mol. The first kappa shape index (κ1) is 11.9. The minimum absolute atomic E-state index is 0.121. The van der Waals surface area contributed by atoms with Crippen LogP contribution in [-0.2, 0) is 9.84 Å². The Balaban J connectivity index is 2.37. The molecule has 1 aromatic carbocycles. The fraction of sp³-hybridized carbons (Fsp3) is 0.250. The molecule has 0 amide bonds. The highest BCUT2D eigenvalue weighted by Crippen LogP contribution is 2.20. The monoisotopic (exact) mass is 250 g/mol. The molecule has 1 N–H and O–H groups in total. The summed E-state index contributed by atoms with van der Waals surface area (Å²) in [5, 5.41) is 0. The van der Waals surface area contributed by atoms with Crippen molar-refractivity contribution >= 4 is 9.84 Å². The highest BCUT2D eigenvalue weighted by Gasteiger charge is 2.11. The molecule has 0 saturated carbocycles. The van der Waals surface area contributed by atoms with Gasteiger partial charge >= 0.3 is 0 Å². The first-order chi connectivity index (χ1) is 8.03. The van der Waals surface area contributed by atoms with Gasteiger partial charge in [-0.3, -0.25) is 0 Å². The van der Waals surface area contributed by atoms with Gasteiger partial charge in [-0.15, -0.1) is 0 Å². The van der Waals surface area contributed by atoms with Gasteiger partial charge in [-0.2, -0.15) is 0 Å². The van der Waals surface area contributed by atoms with E-state index >= 15 is 0 Å². The van der Waals surface area contributed by atoms with Gasteiger partial charge in [-0.1, -0.05) is 19.1 Å². The van der Waals surface area contributed by atoms with Crippen LogP contribution >= 0.6 is 0 Å². The molecule has 0 unspecified atom stereocenters. The molecular weight excluding hydrogens is 236 g/mol. The van der Waals surface area contributed by atoms with Crippen LogP contribution in [0.25, 0.3) is 11.3 Å². The number of benzene rings is 1. The molecule has 2 rings (SSSR count). The van der Waals surface area contributed by atoms with Crippen LogP contribution in [0, 0.1) is 6.92 Å². The predicted molar refractivity (Wildman–Crippen MR) is 66.5 cm³/mol. The number of imidazole rings is 1. The Labute approximate surface area is 101 Å². The summed E-state index contributed by atoms with van der Waals surface area (Å²) in [6.45, 7) is 3.51. The van der Waals surface area contributed by atoms with Gasteiger partial charge in [0.2, 0.25) is 0 Å². The minimum Gasteiger partial charge on any atom is -0.342 e. The van der Waals surface area contributed by atoms with Crippen molar-refractivity contribution in [3.63, 3.8) is 0 Å². The number of aromatic amines is 1. The van der Waals surface area contributed by atoms with Crippen molar-refractivity contribution in [3.8, 4) is 11.3 Å². The normalized spacial score (nSPS) is 11.6. The van der Waals surface area contributed by atoms with E-state index < -0.39 is 9.84 Å². The third kappa shape index (κ3) is 2.39. The van der Waals surface area contributed by atoms with Crippen molar-refractivity contribution < 1.29 is 8.42 Å². The van der Waals surface area contributed by atoms with Crippen molar-refractivity contribution in [2.24, 2.45) is 0 Å². The second-order valence-corrected chi connectivity index (χ2v) is 6.09. The van der Waals surface area contributed by atoms with Gasteiger partial charge in [0.05, 0.1) is 22.5 Å². The second-order valence-electron chi connectivity index (χ2n) is 3.81. The van der Waals surface area contributed by atoms with Crippen LogP contribution < -0.4 is 0 Å². The number of nitrogens with zero attached hydrogens (tertiary/aromatic N) is 1. The van der Waals surface area contributed by atoms with E-state index in [2.05, 4.69) is 9.97 Å². The number of H-pyrrole nitrogens is 1. The first-order valence-electron chi connectivity index (χ1n) is 5.38. The standard InChI is InChI=1S/C12H14N2O2S/c1-3-17(15,16)11-6-4-10(5-7-11)12-8-13-9(2)14-12/h4-8H,3H2,1-2H3,(H,13,14). The summed E-state index contributed by atoms with van der Waals surface area (Å²) in [5.74, 6) is 0.959. The summed E-state index contributed by atoms with van der Waals surface area (Å²) in [6.07, 6.45) is 1.73. The Hall–Kier alpha value is -1.62. The number of hydrogen-bond donors (Lipinski definition) is 1. The Morgan fingerprint density at radius 2 is 1.88 bits per heavy atom. The molecule has 0 bridgehead atoms. The number of rotatable bonds is 3. The molecule has 0 spiro atoms. The van der Waals surface area contributed by atoms with Gasteiger partial charge in [-0.25, -0.2) is 13.4 Å². The van der Waals surface area contributed by atoms with Gasteiger partial charge in [0, 0.05) is 0 Å². The highest BCUT2D eigenvalue weighted by atomic mass is 32.2. The van der Waals surface area contributed by atoms with Crippen molar-refractivity contribution in [1.29, 1.82) is 0 Å². The van der Waals surface area contributed by atoms with Gasteiger partial charge in [0.1, 0.15) is 5.82 Å². The molecule has 2 aromatic rings. The van der Waals surface area contributed by atoms with Crippen LogP contribution in [-0.4, -0.2) is 24.1 Å². The predicted octanol–water partition coefficient (Wildman–Crippen LogP) is 2.18. The van der Waals surface area contributed by atoms with E-state index in [-0.39, 0.29) is 5.75 Å². The lowest BCUT2D eigenvalue weighted by molar-refractivity contribution is 0.597. The zero-order valence-electron chi connectivity index (χ0n) is 9.77. The second kappa shape index (κ2) is 4.33. The lowest BCUT2D eigenvalue weighted by atomic mass is 10.2. The van der Waals surface area contributed by atoms with Crippen LogP contribution in [0.4, 0.5) is 0 Å². The average Bonchev–Trinajstić information content (AvgIpc) is 2.76. The number of aryl methyl sites for hydroxylation is 1. The van der Waals surface area contributed by atoms with Crippen molar-refractivity contribution in [2.75, 3.05) is 5.75 Å². The molecular formula is C12H14N2O2S. The van der Waals surface area contributed by atoms with E-state index in [1.54, 1.807) is 37.4 Å². The van der Waals surface area contributed by atoms with Crippen LogP contribution in [0.3, 0.4) is 0 Å². The Kier molecular flexibility index (Phi) is 3.02. The molecule has 5 heteroatoms. The van der Waals surface area contributed by atoms with E-state index in [0.29, 0.717) is 4.90 Å². The van der Waals surface area contributed by atoms with Crippen molar-refractivity contribution in [3.05, 3.63) is 36.3 Å².